The second-order valence-corrected chi connectivity index (χ2v) is 12.2. The van der Waals surface area contributed by atoms with Crippen molar-refractivity contribution >= 4 is 29.3 Å². The summed E-state index contributed by atoms with van der Waals surface area (Å²) < 4.78 is 19.7. The van der Waals surface area contributed by atoms with Gasteiger partial charge in [-0.15, -0.1) is 0 Å². The molecule has 0 radical (unpaired) electrons. The van der Waals surface area contributed by atoms with Crippen LogP contribution in [0.1, 0.15) is 69.4 Å². The van der Waals surface area contributed by atoms with E-state index in [4.69, 9.17) is 14.2 Å². The molecule has 5 N–H and O–H groups in total. The van der Waals surface area contributed by atoms with Gasteiger partial charge in [0.25, 0.3) is 5.91 Å². The number of nitrogens with one attached hydrogen (secondary N) is 2. The number of aromatic hydroxyl groups is 2. The van der Waals surface area contributed by atoms with Crippen molar-refractivity contribution in [1.29, 1.82) is 0 Å². The molecule has 14 nitrogen and oxygen atoms in total. The summed E-state index contributed by atoms with van der Waals surface area (Å²) in [6.07, 6.45) is 2.99. The smallest absolute Gasteiger partial charge is 0.340 e. The second kappa shape index (κ2) is 11.3. The number of nitrogens with zero attached hydrogens (tertiary/aromatic N) is 3. The van der Waals surface area contributed by atoms with Crippen molar-refractivity contribution < 1.29 is 43.9 Å². The van der Waals surface area contributed by atoms with Gasteiger partial charge >= 0.3 is 5.97 Å². The van der Waals surface area contributed by atoms with Gasteiger partial charge in [0, 0.05) is 47.5 Å². The number of aromatic nitrogens is 2. The molecule has 1 saturated heterocycles. The van der Waals surface area contributed by atoms with Crippen molar-refractivity contribution in [2.24, 2.45) is 0 Å². The lowest BCUT2D eigenvalue weighted by atomic mass is 9.77. The Labute approximate surface area is 273 Å². The molecular formula is C34H31N5O9. The van der Waals surface area contributed by atoms with E-state index in [9.17, 15) is 29.7 Å². The molecule has 2 amide bonds. The fourth-order valence-corrected chi connectivity index (χ4v) is 6.95. The summed E-state index contributed by atoms with van der Waals surface area (Å²) >= 11 is 0. The number of amides is 2. The molecule has 3 aromatic carbocycles. The van der Waals surface area contributed by atoms with Gasteiger partial charge in [0.05, 0.1) is 31.3 Å². The fraction of sp³-hybridized carbons (Fsp3) is 0.294. The van der Waals surface area contributed by atoms with Crippen molar-refractivity contribution in [3.05, 3.63) is 88.9 Å². The molecule has 8 rings (SSSR count). The number of carbonyl (C=O) groups is 3. The predicted molar refractivity (Wildman–Crippen MR) is 168 cm³/mol. The van der Waals surface area contributed by atoms with Crippen molar-refractivity contribution in [1.82, 2.24) is 14.5 Å². The maximum Gasteiger partial charge on any atom is 0.340 e. The highest BCUT2D eigenvalue weighted by Crippen LogP contribution is 2.57. The number of benzene rings is 3. The van der Waals surface area contributed by atoms with E-state index in [0.29, 0.717) is 47.6 Å². The lowest BCUT2D eigenvalue weighted by Crippen LogP contribution is -2.41. The third kappa shape index (κ3) is 4.71. The van der Waals surface area contributed by atoms with Crippen LogP contribution in [0.3, 0.4) is 0 Å². The zero-order valence-electron chi connectivity index (χ0n) is 25.5. The Bertz CT molecular complexity index is 1940. The summed E-state index contributed by atoms with van der Waals surface area (Å²) in [6.45, 7) is 0.518. The van der Waals surface area contributed by atoms with Gasteiger partial charge in [-0.2, -0.15) is 0 Å². The number of phenols is 2. The van der Waals surface area contributed by atoms with E-state index in [1.54, 1.807) is 46.1 Å². The van der Waals surface area contributed by atoms with Crippen LogP contribution in [0.2, 0.25) is 0 Å². The predicted octanol–water partition coefficient (Wildman–Crippen LogP) is 3.78. The van der Waals surface area contributed by atoms with Gasteiger partial charge in [0.1, 0.15) is 35.0 Å². The topological polar surface area (TPSA) is 185 Å². The minimum absolute atomic E-state index is 0.0384. The number of rotatable bonds is 7. The lowest BCUT2D eigenvalue weighted by Gasteiger charge is -2.36. The van der Waals surface area contributed by atoms with E-state index in [2.05, 4.69) is 15.6 Å². The van der Waals surface area contributed by atoms with Crippen LogP contribution in [0.5, 0.6) is 23.0 Å². The highest BCUT2D eigenvalue weighted by Gasteiger charge is 2.53. The molecule has 48 heavy (non-hydrogen) atoms. The average Bonchev–Trinajstić information content (AvgIpc) is 3.79. The first kappa shape index (κ1) is 29.8. The summed E-state index contributed by atoms with van der Waals surface area (Å²) in [4.78, 5) is 45.3. The number of aliphatic hydroxyl groups is 1. The Morgan fingerprint density at radius 2 is 1.73 bits per heavy atom. The molecule has 1 aromatic heterocycles. The Morgan fingerprint density at radius 1 is 1.00 bits per heavy atom. The minimum atomic E-state index is -1.39. The summed E-state index contributed by atoms with van der Waals surface area (Å²) in [5, 5.41) is 35.7. The molecule has 4 aromatic rings. The molecular weight excluding hydrogens is 622 g/mol. The molecule has 0 bridgehead atoms. The molecule has 14 heteroatoms. The van der Waals surface area contributed by atoms with Crippen LogP contribution in [-0.4, -0.2) is 73.5 Å². The second-order valence-electron chi connectivity index (χ2n) is 12.2. The van der Waals surface area contributed by atoms with E-state index in [1.807, 2.05) is 0 Å². The number of carbonyl (C=O) groups excluding carboxylic acids is 3. The Morgan fingerprint density at radius 3 is 2.44 bits per heavy atom. The highest BCUT2D eigenvalue weighted by atomic mass is 16.6. The summed E-state index contributed by atoms with van der Waals surface area (Å²) in [6, 6.07) is 14.0. The summed E-state index contributed by atoms with van der Waals surface area (Å²) in [5.74, 6) is -0.0816. The van der Waals surface area contributed by atoms with E-state index in [1.165, 1.54) is 24.3 Å². The van der Waals surface area contributed by atoms with Gasteiger partial charge in [0.15, 0.2) is 11.3 Å². The Balaban J connectivity index is 0.947. The number of esters is 1. The van der Waals surface area contributed by atoms with E-state index in [0.717, 1.165) is 6.42 Å². The zero-order chi connectivity index (χ0) is 33.2. The first-order valence-corrected chi connectivity index (χ1v) is 15.6. The van der Waals surface area contributed by atoms with E-state index >= 15 is 0 Å². The van der Waals surface area contributed by atoms with Crippen LogP contribution in [0.25, 0.3) is 0 Å². The molecule has 0 aliphatic carbocycles. The molecule has 246 valence electrons. The number of fused-ring (bicyclic) bond motifs is 7. The SMILES string of the molecule is O=C(CCCN1CNc2c(ncn2[C@H]2CC[C@@H](CO)O2)C1=O)Nc1ccc2c(c1)C(=O)OC21c2ccc(O)cc2Oc2cc(O)ccc21. The molecule has 4 aliphatic heterocycles. The van der Waals surface area contributed by atoms with Crippen molar-refractivity contribution in [3.63, 3.8) is 0 Å². The molecule has 0 saturated carbocycles. The van der Waals surface area contributed by atoms with Crippen LogP contribution in [-0.2, 0) is 19.9 Å². The number of anilines is 2. The number of ether oxygens (including phenoxy) is 3. The van der Waals surface area contributed by atoms with Gasteiger partial charge < -0.3 is 45.1 Å². The molecule has 2 atom stereocenters. The maximum atomic E-state index is 13.4. The first-order valence-electron chi connectivity index (χ1n) is 15.6. The van der Waals surface area contributed by atoms with Crippen LogP contribution in [0, 0.1) is 0 Å². The molecule has 1 spiro atoms. The van der Waals surface area contributed by atoms with Gasteiger partial charge in [-0.1, -0.05) is 6.07 Å². The van der Waals surface area contributed by atoms with Crippen LogP contribution < -0.4 is 15.4 Å². The van der Waals surface area contributed by atoms with E-state index < -0.39 is 11.6 Å². The van der Waals surface area contributed by atoms with Crippen LogP contribution in [0.4, 0.5) is 11.5 Å². The summed E-state index contributed by atoms with van der Waals surface area (Å²) in [5.41, 5.74) is 1.08. The Hall–Kier alpha value is -5.60. The number of hydrogen-bond donors (Lipinski definition) is 5. The van der Waals surface area contributed by atoms with Crippen molar-refractivity contribution in [3.8, 4) is 23.0 Å². The summed E-state index contributed by atoms with van der Waals surface area (Å²) in [7, 11) is 0. The highest BCUT2D eigenvalue weighted by molar-refractivity contribution is 6.00. The maximum absolute atomic E-state index is 13.4. The van der Waals surface area contributed by atoms with Gasteiger partial charge in [-0.3, -0.25) is 14.2 Å². The first-order chi connectivity index (χ1) is 23.2. The van der Waals surface area contributed by atoms with Crippen molar-refractivity contribution in [2.45, 2.75) is 43.6 Å². The Kier molecular flexibility index (Phi) is 7.00. The zero-order valence-corrected chi connectivity index (χ0v) is 25.5. The standard InChI is InChI=1S/C34H31N5O9/c40-15-21-6-10-29(46-21)39-17-35-30-31(39)36-16-38(32(30)44)11-1-2-28(43)37-18-3-7-23-22(12-18)33(45)48-34(23)24-8-4-19(41)13-26(24)47-27-14-20(42)5-9-25(27)34/h3-5,7-9,12-14,17,21,29,36,40-42H,1-2,6,10-11,15-16H2,(H,37,43)/t21-,29+/m0/s1. The van der Waals surface area contributed by atoms with Gasteiger partial charge in [-0.05, 0) is 55.7 Å². The number of phenolic OH excluding ortho intramolecular Hbond substituents is 2. The third-order valence-corrected chi connectivity index (χ3v) is 9.21. The fourth-order valence-electron chi connectivity index (χ4n) is 6.95. The average molecular weight is 654 g/mol. The van der Waals surface area contributed by atoms with Gasteiger partial charge in [-0.25, -0.2) is 9.78 Å². The number of imidazole rings is 1. The number of aliphatic hydroxyl groups excluding tert-OH is 1. The molecule has 0 unspecified atom stereocenters. The monoisotopic (exact) mass is 653 g/mol. The quantitative estimate of drug-likeness (QED) is 0.183. The van der Waals surface area contributed by atoms with Crippen LogP contribution in [0.15, 0.2) is 60.9 Å². The third-order valence-electron chi connectivity index (χ3n) is 9.21. The molecule has 5 heterocycles. The minimum Gasteiger partial charge on any atom is -0.508 e. The number of hydrogen-bond acceptors (Lipinski definition) is 11. The lowest BCUT2D eigenvalue weighted by molar-refractivity contribution is -0.116. The largest absolute Gasteiger partial charge is 0.508 e. The van der Waals surface area contributed by atoms with Crippen LogP contribution >= 0.6 is 0 Å². The normalized spacial score (nSPS) is 19.9. The molecule has 4 aliphatic rings. The van der Waals surface area contributed by atoms with E-state index in [-0.39, 0.29) is 78.1 Å². The van der Waals surface area contributed by atoms with Gasteiger partial charge in [0.2, 0.25) is 5.91 Å². The molecule has 1 fully saturated rings. The van der Waals surface area contributed by atoms with Crippen molar-refractivity contribution in [2.75, 3.05) is 30.5 Å².